The highest BCUT2D eigenvalue weighted by molar-refractivity contribution is 7.80. The van der Waals surface area contributed by atoms with E-state index in [1.54, 1.807) is 14.2 Å². The topological polar surface area (TPSA) is 42.5 Å². The molecule has 0 bridgehead atoms. The van der Waals surface area contributed by atoms with Crippen molar-refractivity contribution >= 4 is 23.0 Å². The number of nitrogens with one attached hydrogen (secondary N) is 2. The van der Waals surface area contributed by atoms with Gasteiger partial charge in [0.2, 0.25) is 0 Å². The second kappa shape index (κ2) is 7.83. The van der Waals surface area contributed by atoms with Crippen LogP contribution in [0.5, 0.6) is 11.5 Å². The molecule has 0 saturated heterocycles. The van der Waals surface area contributed by atoms with Crippen molar-refractivity contribution in [2.75, 3.05) is 19.5 Å². The average Bonchev–Trinajstić information content (AvgIpc) is 2.55. The van der Waals surface area contributed by atoms with E-state index in [-0.39, 0.29) is 6.04 Å². The van der Waals surface area contributed by atoms with Gasteiger partial charge in [0, 0.05) is 11.8 Å². The van der Waals surface area contributed by atoms with Crippen LogP contribution in [0, 0.1) is 6.92 Å². The fraction of sp³-hybridized carbons (Fsp3) is 0.278. The monoisotopic (exact) mass is 330 g/mol. The van der Waals surface area contributed by atoms with Crippen LogP contribution in [0.25, 0.3) is 0 Å². The first-order chi connectivity index (χ1) is 11.0. The molecule has 0 aliphatic rings. The number of methoxy groups -OCH3 is 2. The number of thiocarbonyl (C=S) groups is 1. The number of anilines is 1. The van der Waals surface area contributed by atoms with Crippen molar-refractivity contribution in [2.24, 2.45) is 0 Å². The molecular weight excluding hydrogens is 308 g/mol. The van der Waals surface area contributed by atoms with Crippen LogP contribution in [-0.2, 0) is 0 Å². The van der Waals surface area contributed by atoms with Gasteiger partial charge in [0.1, 0.15) is 0 Å². The van der Waals surface area contributed by atoms with Gasteiger partial charge in [-0.3, -0.25) is 0 Å². The molecule has 2 aromatic carbocycles. The molecule has 1 atom stereocenters. The zero-order chi connectivity index (χ0) is 16.8. The maximum absolute atomic E-state index is 5.38. The average molecular weight is 330 g/mol. The van der Waals surface area contributed by atoms with Crippen molar-refractivity contribution in [2.45, 2.75) is 19.9 Å². The van der Waals surface area contributed by atoms with Crippen molar-refractivity contribution in [1.82, 2.24) is 5.32 Å². The first kappa shape index (κ1) is 17.1. The number of benzene rings is 2. The zero-order valence-corrected chi connectivity index (χ0v) is 14.7. The Hall–Kier alpha value is -2.27. The Morgan fingerprint density at radius 3 is 2.26 bits per heavy atom. The Labute approximate surface area is 142 Å². The number of hydrogen-bond donors (Lipinski definition) is 2. The third kappa shape index (κ3) is 4.60. The van der Waals surface area contributed by atoms with Gasteiger partial charge in [0.05, 0.1) is 20.3 Å². The molecule has 0 unspecified atom stereocenters. The lowest BCUT2D eigenvalue weighted by molar-refractivity contribution is 0.355. The van der Waals surface area contributed by atoms with Crippen LogP contribution in [0.15, 0.2) is 42.5 Å². The van der Waals surface area contributed by atoms with Gasteiger partial charge in [-0.25, -0.2) is 0 Å². The molecule has 0 aliphatic heterocycles. The molecule has 0 amide bonds. The van der Waals surface area contributed by atoms with Gasteiger partial charge in [0.15, 0.2) is 16.6 Å². The van der Waals surface area contributed by atoms with E-state index in [1.165, 1.54) is 11.1 Å². The van der Waals surface area contributed by atoms with Gasteiger partial charge < -0.3 is 20.1 Å². The lowest BCUT2D eigenvalue weighted by Gasteiger charge is -2.18. The third-order valence-corrected chi connectivity index (χ3v) is 3.79. The molecule has 0 saturated carbocycles. The standard InChI is InChI=1S/C18H22N2O2S/c1-12-5-7-14(8-6-12)13(2)19-18(23)20-15-9-10-16(21-3)17(11-15)22-4/h5-11,13H,1-4H3,(H2,19,20,23)/t13-/m1/s1. The summed E-state index contributed by atoms with van der Waals surface area (Å²) in [4.78, 5) is 0. The summed E-state index contributed by atoms with van der Waals surface area (Å²) in [6, 6.07) is 14.1. The van der Waals surface area contributed by atoms with E-state index < -0.39 is 0 Å². The predicted molar refractivity (Wildman–Crippen MR) is 98.5 cm³/mol. The summed E-state index contributed by atoms with van der Waals surface area (Å²) < 4.78 is 10.5. The number of ether oxygens (including phenoxy) is 2. The van der Waals surface area contributed by atoms with Crippen molar-refractivity contribution < 1.29 is 9.47 Å². The maximum Gasteiger partial charge on any atom is 0.171 e. The number of hydrogen-bond acceptors (Lipinski definition) is 3. The van der Waals surface area contributed by atoms with E-state index in [0.717, 1.165) is 5.69 Å². The van der Waals surface area contributed by atoms with Crippen LogP contribution < -0.4 is 20.1 Å². The first-order valence-corrected chi connectivity index (χ1v) is 7.80. The second-order valence-corrected chi connectivity index (χ2v) is 5.71. The van der Waals surface area contributed by atoms with Crippen LogP contribution >= 0.6 is 12.2 Å². The first-order valence-electron chi connectivity index (χ1n) is 7.39. The molecule has 0 fully saturated rings. The van der Waals surface area contributed by atoms with Gasteiger partial charge in [-0.2, -0.15) is 0 Å². The van der Waals surface area contributed by atoms with Crippen LogP contribution in [0.2, 0.25) is 0 Å². The Balaban J connectivity index is 2.00. The van der Waals surface area contributed by atoms with Gasteiger partial charge in [-0.15, -0.1) is 0 Å². The van der Waals surface area contributed by atoms with Gasteiger partial charge >= 0.3 is 0 Å². The summed E-state index contributed by atoms with van der Waals surface area (Å²) in [5.74, 6) is 1.34. The minimum absolute atomic E-state index is 0.121. The molecule has 0 radical (unpaired) electrons. The highest BCUT2D eigenvalue weighted by Gasteiger charge is 2.09. The van der Waals surface area contributed by atoms with Crippen LogP contribution in [0.3, 0.4) is 0 Å². The minimum atomic E-state index is 0.121. The molecule has 4 nitrogen and oxygen atoms in total. The summed E-state index contributed by atoms with van der Waals surface area (Å²) >= 11 is 5.38. The number of aryl methyl sites for hydroxylation is 1. The highest BCUT2D eigenvalue weighted by Crippen LogP contribution is 2.29. The Bertz CT molecular complexity index is 671. The normalized spacial score (nSPS) is 11.5. The van der Waals surface area contributed by atoms with E-state index in [1.807, 2.05) is 18.2 Å². The van der Waals surface area contributed by atoms with Crippen molar-refractivity contribution in [1.29, 1.82) is 0 Å². The summed E-state index contributed by atoms with van der Waals surface area (Å²) in [7, 11) is 3.22. The third-order valence-electron chi connectivity index (χ3n) is 3.57. The van der Waals surface area contributed by atoms with Crippen molar-refractivity contribution in [3.8, 4) is 11.5 Å². The zero-order valence-electron chi connectivity index (χ0n) is 13.8. The van der Waals surface area contributed by atoms with Crippen molar-refractivity contribution in [3.05, 3.63) is 53.6 Å². The van der Waals surface area contributed by atoms with E-state index in [2.05, 4.69) is 48.7 Å². The fourth-order valence-corrected chi connectivity index (χ4v) is 2.51. The molecular formula is C18H22N2O2S. The van der Waals surface area contributed by atoms with Gasteiger partial charge in [-0.05, 0) is 43.8 Å². The molecule has 23 heavy (non-hydrogen) atoms. The Morgan fingerprint density at radius 2 is 1.65 bits per heavy atom. The molecule has 2 aromatic rings. The summed E-state index contributed by atoms with van der Waals surface area (Å²) in [6.45, 7) is 4.15. The van der Waals surface area contributed by atoms with Gasteiger partial charge in [0.25, 0.3) is 0 Å². The summed E-state index contributed by atoms with van der Waals surface area (Å²) in [5, 5.41) is 7.00. The van der Waals surface area contributed by atoms with Gasteiger partial charge in [-0.1, -0.05) is 29.8 Å². The summed E-state index contributed by atoms with van der Waals surface area (Å²) in [5.41, 5.74) is 3.27. The molecule has 0 spiro atoms. The molecule has 2 rings (SSSR count). The Morgan fingerprint density at radius 1 is 1.00 bits per heavy atom. The lowest BCUT2D eigenvalue weighted by Crippen LogP contribution is -2.30. The molecule has 0 aromatic heterocycles. The van der Waals surface area contributed by atoms with Crippen LogP contribution in [-0.4, -0.2) is 19.3 Å². The molecule has 0 aliphatic carbocycles. The number of rotatable bonds is 5. The smallest absolute Gasteiger partial charge is 0.171 e. The van der Waals surface area contributed by atoms with Crippen LogP contribution in [0.1, 0.15) is 24.1 Å². The Kier molecular flexibility index (Phi) is 5.82. The largest absolute Gasteiger partial charge is 0.493 e. The molecule has 5 heteroatoms. The molecule has 122 valence electrons. The fourth-order valence-electron chi connectivity index (χ4n) is 2.22. The summed E-state index contributed by atoms with van der Waals surface area (Å²) in [6.07, 6.45) is 0. The van der Waals surface area contributed by atoms with E-state index in [9.17, 15) is 0 Å². The molecule has 0 heterocycles. The lowest BCUT2D eigenvalue weighted by atomic mass is 10.1. The highest BCUT2D eigenvalue weighted by atomic mass is 32.1. The minimum Gasteiger partial charge on any atom is -0.493 e. The maximum atomic E-state index is 5.38. The molecule has 2 N–H and O–H groups in total. The second-order valence-electron chi connectivity index (χ2n) is 5.30. The van der Waals surface area contributed by atoms with E-state index >= 15 is 0 Å². The van der Waals surface area contributed by atoms with E-state index in [0.29, 0.717) is 16.6 Å². The van der Waals surface area contributed by atoms with E-state index in [4.69, 9.17) is 21.7 Å². The van der Waals surface area contributed by atoms with Crippen molar-refractivity contribution in [3.63, 3.8) is 0 Å². The van der Waals surface area contributed by atoms with Crippen LogP contribution in [0.4, 0.5) is 5.69 Å². The predicted octanol–water partition coefficient (Wildman–Crippen LogP) is 4.06. The quantitative estimate of drug-likeness (QED) is 0.809. The SMILES string of the molecule is COc1ccc(NC(=S)N[C@H](C)c2ccc(C)cc2)cc1OC.